The minimum absolute atomic E-state index is 0.291. The predicted molar refractivity (Wildman–Crippen MR) is 93.8 cm³/mol. The summed E-state index contributed by atoms with van der Waals surface area (Å²) in [4.78, 5) is 14.5. The Bertz CT molecular complexity index is 653. The van der Waals surface area contributed by atoms with Crippen LogP contribution in [0.1, 0.15) is 38.2 Å². The number of carbonyl (C=O) groups is 1. The van der Waals surface area contributed by atoms with Gasteiger partial charge >= 0.3 is 5.97 Å². The zero-order chi connectivity index (χ0) is 17.1. The van der Waals surface area contributed by atoms with Gasteiger partial charge in [-0.3, -0.25) is 0 Å². The summed E-state index contributed by atoms with van der Waals surface area (Å²) in [5.41, 5.74) is 3.08. The van der Waals surface area contributed by atoms with Crippen molar-refractivity contribution in [2.24, 2.45) is 0 Å². The second kappa shape index (κ2) is 7.16. The summed E-state index contributed by atoms with van der Waals surface area (Å²) in [5.74, 6) is 1.22. The molecule has 5 heteroatoms. The van der Waals surface area contributed by atoms with Crippen LogP contribution in [0.5, 0.6) is 11.5 Å². The van der Waals surface area contributed by atoms with Gasteiger partial charge in [0.1, 0.15) is 11.5 Å². The van der Waals surface area contributed by atoms with Crippen LogP contribution in [0.2, 0.25) is 0 Å². The van der Waals surface area contributed by atoms with Crippen LogP contribution in [0.15, 0.2) is 18.2 Å². The average molecular weight is 331 g/mol. The second-order valence-corrected chi connectivity index (χ2v) is 6.19. The molecule has 0 amide bonds. The second-order valence-electron chi connectivity index (χ2n) is 6.19. The first-order valence-electron chi connectivity index (χ1n) is 8.58. The highest BCUT2D eigenvalue weighted by Gasteiger charge is 2.34. The van der Waals surface area contributed by atoms with Gasteiger partial charge in [-0.15, -0.1) is 0 Å². The molecule has 0 radical (unpaired) electrons. The van der Waals surface area contributed by atoms with Crippen molar-refractivity contribution in [1.82, 2.24) is 0 Å². The zero-order valence-electron chi connectivity index (χ0n) is 14.6. The molecule has 1 fully saturated rings. The van der Waals surface area contributed by atoms with Crippen LogP contribution in [0, 0.1) is 0 Å². The number of esters is 1. The summed E-state index contributed by atoms with van der Waals surface area (Å²) >= 11 is 0. The summed E-state index contributed by atoms with van der Waals surface area (Å²) in [7, 11) is 3.31. The molecule has 0 spiro atoms. The molecule has 2 heterocycles. The van der Waals surface area contributed by atoms with Crippen molar-refractivity contribution in [3.05, 3.63) is 23.8 Å². The molecule has 2 aliphatic heterocycles. The Kier molecular flexibility index (Phi) is 4.97. The van der Waals surface area contributed by atoms with Crippen molar-refractivity contribution in [2.75, 3.05) is 32.3 Å². The van der Waals surface area contributed by atoms with E-state index in [1.165, 1.54) is 12.8 Å². The van der Waals surface area contributed by atoms with E-state index in [4.69, 9.17) is 14.2 Å². The number of hydrogen-bond acceptors (Lipinski definition) is 5. The van der Waals surface area contributed by atoms with Gasteiger partial charge in [-0.25, -0.2) is 4.79 Å². The first-order valence-corrected chi connectivity index (χ1v) is 8.58. The van der Waals surface area contributed by atoms with Gasteiger partial charge in [-0.05, 0) is 38.2 Å². The quantitative estimate of drug-likeness (QED) is 0.625. The molecule has 1 saturated heterocycles. The van der Waals surface area contributed by atoms with Gasteiger partial charge in [-0.2, -0.15) is 0 Å². The molecule has 24 heavy (non-hydrogen) atoms. The minimum atomic E-state index is -0.291. The van der Waals surface area contributed by atoms with E-state index in [0.717, 1.165) is 47.7 Å². The molecular formula is C19H25NO4. The van der Waals surface area contributed by atoms with Gasteiger partial charge in [-0.1, -0.05) is 0 Å². The number of ether oxygens (including phenoxy) is 3. The van der Waals surface area contributed by atoms with Crippen molar-refractivity contribution < 1.29 is 19.0 Å². The van der Waals surface area contributed by atoms with Crippen molar-refractivity contribution in [3.63, 3.8) is 0 Å². The molecule has 1 atom stereocenters. The van der Waals surface area contributed by atoms with Crippen molar-refractivity contribution in [2.45, 2.75) is 38.6 Å². The number of piperidine rings is 1. The Morgan fingerprint density at radius 2 is 2.12 bits per heavy atom. The Morgan fingerprint density at radius 3 is 2.83 bits per heavy atom. The number of hydrogen-bond donors (Lipinski definition) is 0. The summed E-state index contributed by atoms with van der Waals surface area (Å²) in [5, 5.41) is 0. The van der Waals surface area contributed by atoms with Gasteiger partial charge < -0.3 is 19.1 Å². The number of benzene rings is 1. The molecule has 5 nitrogen and oxygen atoms in total. The topological polar surface area (TPSA) is 48.0 Å². The van der Waals surface area contributed by atoms with E-state index in [9.17, 15) is 4.79 Å². The van der Waals surface area contributed by atoms with Crippen molar-refractivity contribution >= 4 is 17.2 Å². The number of rotatable bonds is 4. The van der Waals surface area contributed by atoms with Gasteiger partial charge in [0.15, 0.2) is 0 Å². The highest BCUT2D eigenvalue weighted by molar-refractivity contribution is 5.96. The predicted octanol–water partition coefficient (Wildman–Crippen LogP) is 3.41. The molecule has 0 aliphatic carbocycles. The van der Waals surface area contributed by atoms with Gasteiger partial charge in [0.05, 0.1) is 26.5 Å². The lowest BCUT2D eigenvalue weighted by molar-refractivity contribution is -0.137. The van der Waals surface area contributed by atoms with Crippen LogP contribution in [0.4, 0.5) is 5.69 Å². The maximum absolute atomic E-state index is 12.0. The van der Waals surface area contributed by atoms with Gasteiger partial charge in [0.25, 0.3) is 0 Å². The van der Waals surface area contributed by atoms with Crippen LogP contribution in [-0.4, -0.2) is 39.4 Å². The Balaban J connectivity index is 2.12. The number of carbonyl (C=O) groups excluding carboxylic acids is 1. The van der Waals surface area contributed by atoms with Gasteiger partial charge in [0, 0.05) is 36.4 Å². The molecule has 1 aromatic rings. The fraction of sp³-hybridized carbons (Fsp3) is 0.526. The standard InChI is InChI=1S/C19H25NO4/c1-4-24-18(21)10-13-9-14-7-5-6-8-20(14)16-11-15(22-2)12-17(23-3)19(13)16/h10-12,14H,4-9H2,1-3H3/b13-10+. The van der Waals surface area contributed by atoms with Crippen LogP contribution < -0.4 is 14.4 Å². The highest BCUT2D eigenvalue weighted by Crippen LogP contribution is 2.47. The third-order valence-corrected chi connectivity index (χ3v) is 4.80. The summed E-state index contributed by atoms with van der Waals surface area (Å²) in [6.07, 6.45) is 6.02. The Labute approximate surface area is 143 Å². The number of anilines is 1. The molecular weight excluding hydrogens is 306 g/mol. The highest BCUT2D eigenvalue weighted by atomic mass is 16.5. The molecule has 3 rings (SSSR count). The van der Waals surface area contributed by atoms with E-state index >= 15 is 0 Å². The third-order valence-electron chi connectivity index (χ3n) is 4.80. The number of nitrogens with zero attached hydrogens (tertiary/aromatic N) is 1. The average Bonchev–Trinajstić information content (AvgIpc) is 2.60. The minimum Gasteiger partial charge on any atom is -0.497 e. The molecule has 0 saturated carbocycles. The van der Waals surface area contributed by atoms with E-state index in [1.807, 2.05) is 19.1 Å². The SMILES string of the molecule is CCOC(=O)/C=C1\CC2CCCCN2c2cc(OC)cc(OC)c21. The molecule has 1 aromatic carbocycles. The fourth-order valence-corrected chi connectivity index (χ4v) is 3.75. The maximum Gasteiger partial charge on any atom is 0.331 e. The van der Waals surface area contributed by atoms with E-state index in [-0.39, 0.29) is 5.97 Å². The molecule has 0 bridgehead atoms. The Hall–Kier alpha value is -2.17. The molecule has 2 aliphatic rings. The number of fused-ring (bicyclic) bond motifs is 3. The molecule has 130 valence electrons. The zero-order valence-corrected chi connectivity index (χ0v) is 14.6. The molecule has 0 N–H and O–H groups in total. The van der Waals surface area contributed by atoms with Crippen molar-refractivity contribution in [1.29, 1.82) is 0 Å². The smallest absolute Gasteiger partial charge is 0.331 e. The fourth-order valence-electron chi connectivity index (χ4n) is 3.75. The van der Waals surface area contributed by atoms with E-state index < -0.39 is 0 Å². The Morgan fingerprint density at radius 1 is 1.29 bits per heavy atom. The largest absolute Gasteiger partial charge is 0.497 e. The lowest BCUT2D eigenvalue weighted by Crippen LogP contribution is -2.42. The summed E-state index contributed by atoms with van der Waals surface area (Å²) < 4.78 is 16.2. The van der Waals surface area contributed by atoms with E-state index in [1.54, 1.807) is 20.3 Å². The monoisotopic (exact) mass is 331 g/mol. The third kappa shape index (κ3) is 3.07. The lowest BCUT2D eigenvalue weighted by atomic mass is 9.85. The van der Waals surface area contributed by atoms with Crippen LogP contribution in [0.3, 0.4) is 0 Å². The summed E-state index contributed by atoms with van der Waals surface area (Å²) in [6, 6.07) is 4.35. The van der Waals surface area contributed by atoms with E-state index in [0.29, 0.717) is 12.6 Å². The normalized spacial score (nSPS) is 21.0. The molecule has 0 aromatic heterocycles. The molecule has 1 unspecified atom stereocenters. The van der Waals surface area contributed by atoms with Crippen molar-refractivity contribution in [3.8, 4) is 11.5 Å². The first-order chi connectivity index (χ1) is 11.7. The number of methoxy groups -OCH3 is 2. The first kappa shape index (κ1) is 16.7. The van der Waals surface area contributed by atoms with Crippen LogP contribution in [-0.2, 0) is 9.53 Å². The summed E-state index contributed by atoms with van der Waals surface area (Å²) in [6.45, 7) is 3.23. The van der Waals surface area contributed by atoms with Gasteiger partial charge in [0.2, 0.25) is 0 Å². The van der Waals surface area contributed by atoms with Crippen LogP contribution in [0.25, 0.3) is 5.57 Å². The van der Waals surface area contributed by atoms with Crippen LogP contribution >= 0.6 is 0 Å². The maximum atomic E-state index is 12.0. The van der Waals surface area contributed by atoms with E-state index in [2.05, 4.69) is 4.90 Å². The lowest BCUT2D eigenvalue weighted by Gasteiger charge is -2.43.